The van der Waals surface area contributed by atoms with Crippen molar-refractivity contribution >= 4 is 0 Å². The van der Waals surface area contributed by atoms with Crippen LogP contribution >= 0.6 is 0 Å². The van der Waals surface area contributed by atoms with E-state index in [1.54, 1.807) is 0 Å². The largest absolute Gasteiger partial charge is 0.351 e. The molecule has 2 aromatic carbocycles. The molecule has 0 N–H and O–H groups in total. The van der Waals surface area contributed by atoms with Gasteiger partial charge in [0.25, 0.3) is 0 Å². The molecule has 21 heavy (non-hydrogen) atoms. The zero-order valence-electron chi connectivity index (χ0n) is 12.2. The average Bonchev–Trinajstić information content (AvgIpc) is 2.50. The Morgan fingerprint density at radius 1 is 0.857 bits per heavy atom. The number of likely N-dealkylation sites (tertiary alicyclic amines) is 1. The second kappa shape index (κ2) is 7.36. The second-order valence-electron chi connectivity index (χ2n) is 5.42. The maximum Gasteiger partial charge on any atom is 0.147 e. The maximum absolute atomic E-state index is 5.70. The number of benzene rings is 2. The maximum atomic E-state index is 5.70. The van der Waals surface area contributed by atoms with Crippen molar-refractivity contribution < 1.29 is 9.47 Å². The van der Waals surface area contributed by atoms with E-state index in [0.29, 0.717) is 19.5 Å². The van der Waals surface area contributed by atoms with Gasteiger partial charge < -0.3 is 9.47 Å². The van der Waals surface area contributed by atoms with Crippen molar-refractivity contribution in [3.05, 3.63) is 71.8 Å². The summed E-state index contributed by atoms with van der Waals surface area (Å²) in [5.41, 5.74) is 2.54. The van der Waals surface area contributed by atoms with Gasteiger partial charge in [-0.3, -0.25) is 4.90 Å². The van der Waals surface area contributed by atoms with Crippen LogP contribution in [0.25, 0.3) is 0 Å². The van der Waals surface area contributed by atoms with Gasteiger partial charge >= 0.3 is 0 Å². The van der Waals surface area contributed by atoms with Gasteiger partial charge in [-0.1, -0.05) is 60.7 Å². The lowest BCUT2D eigenvalue weighted by Gasteiger charge is -2.38. The van der Waals surface area contributed by atoms with Crippen molar-refractivity contribution in [3.8, 4) is 0 Å². The number of rotatable bonds is 7. The summed E-state index contributed by atoms with van der Waals surface area (Å²) in [6, 6.07) is 20.7. The Balaban J connectivity index is 1.27. The first kappa shape index (κ1) is 14.3. The highest BCUT2D eigenvalue weighted by Gasteiger charge is 2.27. The highest BCUT2D eigenvalue weighted by Crippen LogP contribution is 2.15. The van der Waals surface area contributed by atoms with Crippen LogP contribution in [0.1, 0.15) is 11.1 Å². The Labute approximate surface area is 126 Å². The Morgan fingerprint density at radius 2 is 1.48 bits per heavy atom. The molecule has 0 radical (unpaired) electrons. The van der Waals surface area contributed by atoms with Crippen LogP contribution in [0.2, 0.25) is 0 Å². The molecule has 3 heteroatoms. The molecule has 0 bridgehead atoms. The molecule has 2 aromatic rings. The second-order valence-corrected chi connectivity index (χ2v) is 5.42. The minimum atomic E-state index is 0.310. The first-order valence-corrected chi connectivity index (χ1v) is 7.40. The average molecular weight is 283 g/mol. The summed E-state index contributed by atoms with van der Waals surface area (Å²) < 4.78 is 11.2. The van der Waals surface area contributed by atoms with E-state index in [-0.39, 0.29) is 0 Å². The third kappa shape index (κ3) is 4.39. The lowest BCUT2D eigenvalue weighted by molar-refractivity contribution is -0.140. The van der Waals surface area contributed by atoms with Gasteiger partial charge in [-0.2, -0.15) is 0 Å². The van der Waals surface area contributed by atoms with Gasteiger partial charge in [-0.15, -0.1) is 0 Å². The molecule has 1 heterocycles. The molecule has 0 unspecified atom stereocenters. The van der Waals surface area contributed by atoms with E-state index in [9.17, 15) is 0 Å². The quantitative estimate of drug-likeness (QED) is 0.576. The van der Waals surface area contributed by atoms with Crippen LogP contribution in [0.15, 0.2) is 60.7 Å². The molecular formula is C18H21NO2. The van der Waals surface area contributed by atoms with Crippen LogP contribution in [0.3, 0.4) is 0 Å². The van der Waals surface area contributed by atoms with Crippen molar-refractivity contribution in [3.63, 3.8) is 0 Å². The van der Waals surface area contributed by atoms with E-state index in [4.69, 9.17) is 9.47 Å². The first-order valence-electron chi connectivity index (χ1n) is 7.40. The molecule has 0 saturated carbocycles. The highest BCUT2D eigenvalue weighted by atomic mass is 16.7. The molecule has 1 fully saturated rings. The summed E-state index contributed by atoms with van der Waals surface area (Å²) in [6.45, 7) is 3.97. The molecule has 0 aliphatic carbocycles. The number of hydrogen-bond donors (Lipinski definition) is 0. The molecule has 1 aliphatic rings. The first-order chi connectivity index (χ1) is 10.4. The standard InChI is InChI=1S/C18H21NO2/c1-3-7-16(8-4-1)11-19-12-18(13-19)21-15-20-14-17-9-5-2-6-10-17/h1-10,18H,11-15H2. The predicted molar refractivity (Wildman–Crippen MR) is 82.7 cm³/mol. The van der Waals surface area contributed by atoms with Gasteiger partial charge in [0.2, 0.25) is 0 Å². The van der Waals surface area contributed by atoms with Crippen molar-refractivity contribution in [1.29, 1.82) is 0 Å². The fourth-order valence-electron chi connectivity index (χ4n) is 2.48. The van der Waals surface area contributed by atoms with Gasteiger partial charge in [-0.25, -0.2) is 0 Å². The van der Waals surface area contributed by atoms with Gasteiger partial charge in [0.15, 0.2) is 0 Å². The molecule has 0 aromatic heterocycles. The van der Waals surface area contributed by atoms with E-state index in [1.165, 1.54) is 11.1 Å². The third-order valence-electron chi connectivity index (χ3n) is 3.67. The van der Waals surface area contributed by atoms with Gasteiger partial charge in [0, 0.05) is 19.6 Å². The molecule has 1 saturated heterocycles. The smallest absolute Gasteiger partial charge is 0.147 e. The topological polar surface area (TPSA) is 21.7 Å². The summed E-state index contributed by atoms with van der Waals surface area (Å²) in [7, 11) is 0. The van der Waals surface area contributed by atoms with Gasteiger partial charge in [-0.05, 0) is 11.1 Å². The lowest BCUT2D eigenvalue weighted by atomic mass is 10.1. The van der Waals surface area contributed by atoms with E-state index < -0.39 is 0 Å². The Kier molecular flexibility index (Phi) is 5.00. The van der Waals surface area contributed by atoms with Crippen LogP contribution in [0, 0.1) is 0 Å². The Morgan fingerprint density at radius 3 is 2.14 bits per heavy atom. The van der Waals surface area contributed by atoms with Crippen LogP contribution in [0.4, 0.5) is 0 Å². The van der Waals surface area contributed by atoms with Crippen molar-refractivity contribution in [2.45, 2.75) is 19.3 Å². The normalized spacial score (nSPS) is 15.8. The fraction of sp³-hybridized carbons (Fsp3) is 0.333. The lowest BCUT2D eigenvalue weighted by Crippen LogP contribution is -2.51. The number of nitrogens with zero attached hydrogens (tertiary/aromatic N) is 1. The fourth-order valence-corrected chi connectivity index (χ4v) is 2.48. The van der Waals surface area contributed by atoms with Crippen LogP contribution < -0.4 is 0 Å². The number of hydrogen-bond acceptors (Lipinski definition) is 3. The van der Waals surface area contributed by atoms with E-state index in [2.05, 4.69) is 47.4 Å². The predicted octanol–water partition coefficient (Wildman–Crippen LogP) is 3.06. The van der Waals surface area contributed by atoms with Crippen LogP contribution in [-0.4, -0.2) is 30.9 Å². The monoisotopic (exact) mass is 283 g/mol. The Bertz CT molecular complexity index is 523. The van der Waals surface area contributed by atoms with Gasteiger partial charge in [0.05, 0.1) is 12.7 Å². The van der Waals surface area contributed by atoms with Crippen molar-refractivity contribution in [1.82, 2.24) is 4.90 Å². The summed E-state index contributed by atoms with van der Waals surface area (Å²) in [4.78, 5) is 2.39. The summed E-state index contributed by atoms with van der Waals surface area (Å²) in [6.07, 6.45) is 0.310. The molecule has 1 aliphatic heterocycles. The Hall–Kier alpha value is -1.68. The number of ether oxygens (including phenoxy) is 2. The van der Waals surface area contributed by atoms with Crippen molar-refractivity contribution in [2.75, 3.05) is 19.9 Å². The van der Waals surface area contributed by atoms with E-state index in [1.807, 2.05) is 18.2 Å². The minimum Gasteiger partial charge on any atom is -0.351 e. The zero-order valence-corrected chi connectivity index (χ0v) is 12.2. The molecule has 0 atom stereocenters. The van der Waals surface area contributed by atoms with Crippen LogP contribution in [-0.2, 0) is 22.6 Å². The summed E-state index contributed by atoms with van der Waals surface area (Å²) in [5, 5.41) is 0. The van der Waals surface area contributed by atoms with E-state index in [0.717, 1.165) is 19.6 Å². The molecule has 3 nitrogen and oxygen atoms in total. The summed E-state index contributed by atoms with van der Waals surface area (Å²) in [5.74, 6) is 0. The minimum absolute atomic E-state index is 0.310. The molecular weight excluding hydrogens is 262 g/mol. The molecule has 110 valence electrons. The van der Waals surface area contributed by atoms with Gasteiger partial charge in [0.1, 0.15) is 6.79 Å². The molecule has 0 spiro atoms. The zero-order chi connectivity index (χ0) is 14.3. The van der Waals surface area contributed by atoms with Crippen molar-refractivity contribution in [2.24, 2.45) is 0 Å². The summed E-state index contributed by atoms with van der Waals surface area (Å²) >= 11 is 0. The molecule has 0 amide bonds. The van der Waals surface area contributed by atoms with E-state index >= 15 is 0 Å². The highest BCUT2D eigenvalue weighted by molar-refractivity contribution is 5.15. The SMILES string of the molecule is c1ccc(COCOC2CN(Cc3ccccc3)C2)cc1. The third-order valence-corrected chi connectivity index (χ3v) is 3.67. The van der Waals surface area contributed by atoms with Crippen LogP contribution in [0.5, 0.6) is 0 Å². The molecule has 3 rings (SSSR count).